The maximum Gasteiger partial charge on any atom is 0.340 e. The van der Waals surface area contributed by atoms with E-state index in [1.807, 2.05) is 43.3 Å². The molecule has 0 amide bonds. The van der Waals surface area contributed by atoms with Crippen LogP contribution in [-0.4, -0.2) is 40.2 Å². The van der Waals surface area contributed by atoms with Gasteiger partial charge in [-0.1, -0.05) is 24.6 Å². The molecule has 0 spiro atoms. The number of halogens is 1. The highest BCUT2D eigenvalue weighted by atomic mass is 79.9. The van der Waals surface area contributed by atoms with E-state index in [0.29, 0.717) is 28.6 Å². The summed E-state index contributed by atoms with van der Waals surface area (Å²) in [5.41, 5.74) is 3.30. The molecule has 4 rings (SSSR count). The van der Waals surface area contributed by atoms with Gasteiger partial charge in [0.15, 0.2) is 0 Å². The van der Waals surface area contributed by atoms with Crippen LogP contribution in [0, 0.1) is 0 Å². The highest BCUT2D eigenvalue weighted by Crippen LogP contribution is 2.37. The van der Waals surface area contributed by atoms with Gasteiger partial charge in [0.1, 0.15) is 5.75 Å². The minimum atomic E-state index is -0.346. The summed E-state index contributed by atoms with van der Waals surface area (Å²) in [5.74, 6) is -0.237. The second-order valence-corrected chi connectivity index (χ2v) is 8.23. The van der Waals surface area contributed by atoms with Crippen molar-refractivity contribution in [2.75, 3.05) is 19.7 Å². The zero-order valence-corrected chi connectivity index (χ0v) is 18.1. The fraction of sp³-hybridized carbons (Fsp3) is 0.348. The van der Waals surface area contributed by atoms with Crippen molar-refractivity contribution in [3.63, 3.8) is 0 Å². The molecule has 1 N–H and O–H groups in total. The molecule has 1 aromatic heterocycles. The molecule has 0 bridgehead atoms. The zero-order valence-electron chi connectivity index (χ0n) is 16.5. The van der Waals surface area contributed by atoms with Gasteiger partial charge >= 0.3 is 5.97 Å². The topological polar surface area (TPSA) is 54.7 Å². The monoisotopic (exact) mass is 456 g/mol. The maximum atomic E-state index is 13.0. The second kappa shape index (κ2) is 8.59. The number of phenolic OH excluding ortho intramolecular Hbond substituents is 1. The van der Waals surface area contributed by atoms with Gasteiger partial charge in [-0.2, -0.15) is 0 Å². The molecule has 3 aromatic rings. The Morgan fingerprint density at radius 2 is 1.86 bits per heavy atom. The molecule has 0 saturated carbocycles. The Kier molecular flexibility index (Phi) is 5.92. The van der Waals surface area contributed by atoms with Crippen molar-refractivity contribution in [3.05, 3.63) is 58.2 Å². The molecule has 6 heteroatoms. The van der Waals surface area contributed by atoms with Gasteiger partial charge in [-0.3, -0.25) is 4.90 Å². The second-order valence-electron chi connectivity index (χ2n) is 7.37. The summed E-state index contributed by atoms with van der Waals surface area (Å²) in [4.78, 5) is 15.4. The first kappa shape index (κ1) is 20.0. The van der Waals surface area contributed by atoms with E-state index in [-0.39, 0.29) is 11.7 Å². The molecule has 0 aliphatic carbocycles. The van der Waals surface area contributed by atoms with Gasteiger partial charge < -0.3 is 14.4 Å². The first-order valence-corrected chi connectivity index (χ1v) is 10.9. The van der Waals surface area contributed by atoms with Crippen molar-refractivity contribution in [1.29, 1.82) is 0 Å². The van der Waals surface area contributed by atoms with Crippen LogP contribution in [-0.2, 0) is 11.3 Å². The Balaban J connectivity index is 1.99. The van der Waals surface area contributed by atoms with Crippen LogP contribution in [0.15, 0.2) is 46.9 Å². The Labute approximate surface area is 179 Å². The Bertz CT molecular complexity index is 1020. The van der Waals surface area contributed by atoms with Crippen LogP contribution in [0.5, 0.6) is 5.75 Å². The number of hydrogen-bond donors (Lipinski definition) is 1. The number of phenols is 1. The van der Waals surface area contributed by atoms with E-state index in [4.69, 9.17) is 4.74 Å². The van der Waals surface area contributed by atoms with Gasteiger partial charge in [-0.15, -0.1) is 0 Å². The van der Waals surface area contributed by atoms with Crippen molar-refractivity contribution in [3.8, 4) is 11.4 Å². The summed E-state index contributed by atoms with van der Waals surface area (Å²) < 4.78 is 8.14. The lowest BCUT2D eigenvalue weighted by Gasteiger charge is -2.27. The number of carbonyl (C=O) groups excluding carboxylic acids is 1. The summed E-state index contributed by atoms with van der Waals surface area (Å²) >= 11 is 3.43. The number of nitrogens with zero attached hydrogens (tertiary/aromatic N) is 2. The number of hydrogen-bond acceptors (Lipinski definition) is 4. The van der Waals surface area contributed by atoms with Crippen molar-refractivity contribution < 1.29 is 14.6 Å². The minimum absolute atomic E-state index is 0.109. The van der Waals surface area contributed by atoms with E-state index in [0.717, 1.165) is 30.0 Å². The SMILES string of the molecule is CCOC(=O)c1c(CN2CCCCC2)n(-c2ccccc2)c2cc(Br)c(O)cc12. The first-order valence-electron chi connectivity index (χ1n) is 10.1. The normalized spacial score (nSPS) is 15.0. The van der Waals surface area contributed by atoms with Crippen molar-refractivity contribution in [1.82, 2.24) is 9.47 Å². The molecule has 0 radical (unpaired) electrons. The number of esters is 1. The number of carbonyl (C=O) groups is 1. The highest BCUT2D eigenvalue weighted by molar-refractivity contribution is 9.10. The number of aromatic nitrogens is 1. The van der Waals surface area contributed by atoms with Crippen LogP contribution < -0.4 is 0 Å². The van der Waals surface area contributed by atoms with Gasteiger partial charge in [0, 0.05) is 17.6 Å². The molecular weight excluding hydrogens is 432 g/mol. The lowest BCUT2D eigenvalue weighted by atomic mass is 10.1. The van der Waals surface area contributed by atoms with Crippen molar-refractivity contribution >= 4 is 32.8 Å². The summed E-state index contributed by atoms with van der Waals surface area (Å²) in [6.45, 7) is 4.83. The lowest BCUT2D eigenvalue weighted by molar-refractivity contribution is 0.0525. The number of likely N-dealkylation sites (tertiary alicyclic amines) is 1. The molecule has 152 valence electrons. The molecule has 1 aliphatic rings. The molecule has 0 unspecified atom stereocenters. The minimum Gasteiger partial charge on any atom is -0.507 e. The Morgan fingerprint density at radius 3 is 2.55 bits per heavy atom. The Hall–Kier alpha value is -2.31. The molecule has 2 heterocycles. The average Bonchev–Trinajstić information content (AvgIpc) is 3.02. The van der Waals surface area contributed by atoms with E-state index in [1.165, 1.54) is 19.3 Å². The third kappa shape index (κ3) is 3.91. The number of para-hydroxylation sites is 1. The van der Waals surface area contributed by atoms with Crippen LogP contribution in [0.4, 0.5) is 0 Å². The number of piperidine rings is 1. The maximum absolute atomic E-state index is 13.0. The van der Waals surface area contributed by atoms with E-state index in [2.05, 4.69) is 25.4 Å². The molecule has 1 aliphatic heterocycles. The van der Waals surface area contributed by atoms with Gasteiger partial charge in [0.05, 0.1) is 27.9 Å². The fourth-order valence-corrected chi connectivity index (χ4v) is 4.46. The van der Waals surface area contributed by atoms with Crippen LogP contribution in [0.1, 0.15) is 42.2 Å². The molecule has 2 aromatic carbocycles. The predicted molar refractivity (Wildman–Crippen MR) is 118 cm³/mol. The lowest BCUT2D eigenvalue weighted by Crippen LogP contribution is -2.30. The van der Waals surface area contributed by atoms with Crippen LogP contribution in [0.3, 0.4) is 0 Å². The molecule has 5 nitrogen and oxygen atoms in total. The quantitative estimate of drug-likeness (QED) is 0.531. The molecule has 1 saturated heterocycles. The fourth-order valence-electron chi connectivity index (χ4n) is 4.13. The van der Waals surface area contributed by atoms with Crippen LogP contribution in [0.25, 0.3) is 16.6 Å². The van der Waals surface area contributed by atoms with Crippen molar-refractivity contribution in [2.45, 2.75) is 32.7 Å². The summed E-state index contributed by atoms with van der Waals surface area (Å²) in [6.07, 6.45) is 3.60. The number of aromatic hydroxyl groups is 1. The predicted octanol–water partition coefficient (Wildman–Crippen LogP) is 5.26. The molecule has 0 atom stereocenters. The number of benzene rings is 2. The zero-order chi connectivity index (χ0) is 20.4. The molecule has 1 fully saturated rings. The first-order chi connectivity index (χ1) is 14.1. The third-order valence-electron chi connectivity index (χ3n) is 5.45. The highest BCUT2D eigenvalue weighted by Gasteiger charge is 2.27. The smallest absolute Gasteiger partial charge is 0.340 e. The summed E-state index contributed by atoms with van der Waals surface area (Å²) in [5, 5.41) is 11.0. The van der Waals surface area contributed by atoms with E-state index >= 15 is 0 Å². The van der Waals surface area contributed by atoms with E-state index in [9.17, 15) is 9.90 Å². The van der Waals surface area contributed by atoms with Gasteiger partial charge in [-0.05, 0) is 73.1 Å². The van der Waals surface area contributed by atoms with Gasteiger partial charge in [0.2, 0.25) is 0 Å². The van der Waals surface area contributed by atoms with Gasteiger partial charge in [0.25, 0.3) is 0 Å². The number of ether oxygens (including phenoxy) is 1. The van der Waals surface area contributed by atoms with Crippen LogP contribution in [0.2, 0.25) is 0 Å². The summed E-state index contributed by atoms with van der Waals surface area (Å²) in [7, 11) is 0. The standard InChI is InChI=1S/C23H25BrN2O3/c1-2-29-23(28)22-17-13-21(27)18(24)14-19(17)26(16-9-5-3-6-10-16)20(22)15-25-11-7-4-8-12-25/h3,5-6,9-10,13-14,27H,2,4,7-8,11-12,15H2,1H3. The van der Waals surface area contributed by atoms with E-state index < -0.39 is 0 Å². The van der Waals surface area contributed by atoms with Crippen LogP contribution >= 0.6 is 15.9 Å². The summed E-state index contributed by atoms with van der Waals surface area (Å²) in [6, 6.07) is 13.6. The number of rotatable bonds is 5. The number of fused-ring (bicyclic) bond motifs is 1. The molecular formula is C23H25BrN2O3. The Morgan fingerprint density at radius 1 is 1.14 bits per heavy atom. The van der Waals surface area contributed by atoms with E-state index in [1.54, 1.807) is 6.07 Å². The third-order valence-corrected chi connectivity index (χ3v) is 6.09. The largest absolute Gasteiger partial charge is 0.507 e. The van der Waals surface area contributed by atoms with Gasteiger partial charge in [-0.25, -0.2) is 4.79 Å². The van der Waals surface area contributed by atoms with Crippen molar-refractivity contribution in [2.24, 2.45) is 0 Å². The average molecular weight is 457 g/mol. The molecule has 29 heavy (non-hydrogen) atoms.